The summed E-state index contributed by atoms with van der Waals surface area (Å²) in [5.41, 5.74) is 0. The van der Waals surface area contributed by atoms with Crippen LogP contribution in [0.15, 0.2) is 29.2 Å². The van der Waals surface area contributed by atoms with Crippen molar-refractivity contribution in [2.24, 2.45) is 11.8 Å². The van der Waals surface area contributed by atoms with Gasteiger partial charge >= 0.3 is 0 Å². The molecule has 114 valence electrons. The number of thioether (sulfide) groups is 2. The Balaban J connectivity index is 1.46. The van der Waals surface area contributed by atoms with Crippen LogP contribution in [0.1, 0.15) is 25.7 Å². The van der Waals surface area contributed by atoms with E-state index in [4.69, 9.17) is 23.8 Å². The van der Waals surface area contributed by atoms with E-state index in [9.17, 15) is 0 Å². The lowest BCUT2D eigenvalue weighted by Gasteiger charge is -2.24. The van der Waals surface area contributed by atoms with Crippen molar-refractivity contribution >= 4 is 51.7 Å². The third-order valence-corrected chi connectivity index (χ3v) is 7.32. The summed E-state index contributed by atoms with van der Waals surface area (Å²) >= 11 is 15.2. The van der Waals surface area contributed by atoms with Gasteiger partial charge in [-0.05, 0) is 61.8 Å². The number of benzene rings is 1. The van der Waals surface area contributed by atoms with E-state index in [2.05, 4.69) is 17.0 Å². The fraction of sp³-hybridized carbons (Fsp3) is 0.562. The van der Waals surface area contributed by atoms with Gasteiger partial charge in [-0.2, -0.15) is 0 Å². The molecule has 2 bridgehead atoms. The lowest BCUT2D eigenvalue weighted by Crippen LogP contribution is -2.31. The van der Waals surface area contributed by atoms with Gasteiger partial charge in [-0.25, -0.2) is 0 Å². The maximum absolute atomic E-state index is 5.90. The minimum absolute atomic E-state index is 0.794. The summed E-state index contributed by atoms with van der Waals surface area (Å²) in [4.78, 5) is 3.73. The summed E-state index contributed by atoms with van der Waals surface area (Å²) in [6, 6.07) is 8.03. The fourth-order valence-corrected chi connectivity index (χ4v) is 5.77. The second-order valence-electron chi connectivity index (χ2n) is 5.92. The molecule has 4 rings (SSSR count). The molecular weight excluding hydrogens is 338 g/mol. The van der Waals surface area contributed by atoms with Gasteiger partial charge in [-0.15, -0.1) is 11.8 Å². The Morgan fingerprint density at radius 1 is 1.10 bits per heavy atom. The van der Waals surface area contributed by atoms with Crippen LogP contribution < -0.4 is 0 Å². The topological polar surface area (TPSA) is 3.24 Å². The zero-order valence-corrected chi connectivity index (χ0v) is 15.2. The zero-order chi connectivity index (χ0) is 14.7. The van der Waals surface area contributed by atoms with Crippen molar-refractivity contribution in [3.63, 3.8) is 0 Å². The normalized spacial score (nSPS) is 24.9. The SMILES string of the molecule is S=C(SCSc1ccc(Cl)cc1)N1CC2CCC(CC2)C1. The molecule has 5 heteroatoms. The number of nitrogens with zero attached hydrogens (tertiary/aromatic N) is 1. The quantitative estimate of drug-likeness (QED) is 0.397. The molecule has 0 amide bonds. The summed E-state index contributed by atoms with van der Waals surface area (Å²) in [6.45, 7) is 2.38. The van der Waals surface area contributed by atoms with Crippen LogP contribution in [0.4, 0.5) is 0 Å². The Bertz CT molecular complexity index is 469. The number of rotatable bonds is 3. The Kier molecular flexibility index (Phi) is 5.77. The molecule has 0 atom stereocenters. The molecule has 1 aliphatic carbocycles. The second-order valence-corrected chi connectivity index (χ2v) is 9.38. The Labute approximate surface area is 146 Å². The average Bonchev–Trinajstić information content (AvgIpc) is 2.83. The van der Waals surface area contributed by atoms with Gasteiger partial charge in [0.15, 0.2) is 0 Å². The van der Waals surface area contributed by atoms with Gasteiger partial charge in [0.05, 0.1) is 5.08 Å². The van der Waals surface area contributed by atoms with Crippen molar-refractivity contribution in [1.82, 2.24) is 4.90 Å². The fourth-order valence-electron chi connectivity index (χ4n) is 3.21. The van der Waals surface area contributed by atoms with E-state index in [1.54, 1.807) is 0 Å². The van der Waals surface area contributed by atoms with Gasteiger partial charge in [0.2, 0.25) is 0 Å². The lowest BCUT2D eigenvalue weighted by atomic mass is 9.84. The van der Waals surface area contributed by atoms with Crippen molar-refractivity contribution in [1.29, 1.82) is 0 Å². The molecule has 1 nitrogen and oxygen atoms in total. The Morgan fingerprint density at radius 3 is 2.24 bits per heavy atom. The van der Waals surface area contributed by atoms with Gasteiger partial charge < -0.3 is 4.90 Å². The number of thiocarbonyl (C=S) groups is 1. The summed E-state index contributed by atoms with van der Waals surface area (Å²) in [6.07, 6.45) is 5.64. The molecular formula is C16H20ClNS3. The average molecular weight is 358 g/mol. The molecule has 2 saturated heterocycles. The molecule has 0 spiro atoms. The largest absolute Gasteiger partial charge is 0.357 e. The molecule has 1 aromatic carbocycles. The van der Waals surface area contributed by atoms with Crippen molar-refractivity contribution in [3.8, 4) is 0 Å². The highest BCUT2D eigenvalue weighted by molar-refractivity contribution is 8.29. The molecule has 0 aromatic heterocycles. The summed E-state index contributed by atoms with van der Waals surface area (Å²) < 4.78 is 1.09. The first-order chi connectivity index (χ1) is 10.2. The van der Waals surface area contributed by atoms with E-state index in [-0.39, 0.29) is 0 Å². The van der Waals surface area contributed by atoms with Gasteiger partial charge in [0.1, 0.15) is 4.32 Å². The van der Waals surface area contributed by atoms with E-state index in [1.165, 1.54) is 43.7 Å². The molecule has 21 heavy (non-hydrogen) atoms. The molecule has 0 N–H and O–H groups in total. The minimum Gasteiger partial charge on any atom is -0.357 e. The predicted octanol–water partition coefficient (Wildman–Crippen LogP) is 5.53. The first-order valence-corrected chi connectivity index (χ1v) is 10.3. The van der Waals surface area contributed by atoms with Crippen molar-refractivity contribution in [3.05, 3.63) is 29.3 Å². The molecule has 0 radical (unpaired) electrons. The molecule has 1 aromatic rings. The smallest absolute Gasteiger partial charge is 0.137 e. The summed E-state index contributed by atoms with van der Waals surface area (Å²) in [7, 11) is 0. The summed E-state index contributed by atoms with van der Waals surface area (Å²) in [5, 5.41) is 1.77. The van der Waals surface area contributed by atoms with Crippen LogP contribution >= 0.6 is 47.3 Å². The zero-order valence-electron chi connectivity index (χ0n) is 12.0. The van der Waals surface area contributed by atoms with E-state index in [1.807, 2.05) is 35.7 Å². The first kappa shape index (κ1) is 16.0. The Morgan fingerprint density at radius 2 is 1.67 bits per heavy atom. The van der Waals surface area contributed by atoms with Crippen molar-refractivity contribution in [2.75, 3.05) is 18.2 Å². The van der Waals surface area contributed by atoms with E-state index < -0.39 is 0 Å². The summed E-state index contributed by atoms with van der Waals surface area (Å²) in [5.74, 6) is 1.76. The maximum atomic E-state index is 5.90. The van der Waals surface area contributed by atoms with E-state index in [0.717, 1.165) is 26.3 Å². The Hall–Kier alpha value is 0.1000. The number of hydrogen-bond donors (Lipinski definition) is 0. The van der Waals surface area contributed by atoms with Gasteiger partial charge in [-0.1, -0.05) is 35.6 Å². The third-order valence-electron chi connectivity index (χ3n) is 4.40. The van der Waals surface area contributed by atoms with Gasteiger partial charge in [0.25, 0.3) is 0 Å². The molecule has 3 fully saturated rings. The number of fused-ring (bicyclic) bond motifs is 4. The van der Waals surface area contributed by atoms with Crippen LogP contribution in [0.25, 0.3) is 0 Å². The highest BCUT2D eigenvalue weighted by atomic mass is 35.5. The highest BCUT2D eigenvalue weighted by Gasteiger charge is 2.30. The maximum Gasteiger partial charge on any atom is 0.137 e. The number of halogens is 1. The van der Waals surface area contributed by atoms with Crippen LogP contribution in [-0.2, 0) is 0 Å². The highest BCUT2D eigenvalue weighted by Crippen LogP contribution is 2.35. The van der Waals surface area contributed by atoms with Crippen molar-refractivity contribution in [2.45, 2.75) is 30.6 Å². The molecule has 2 heterocycles. The van der Waals surface area contributed by atoms with Crippen LogP contribution in [0.5, 0.6) is 0 Å². The van der Waals surface area contributed by atoms with Crippen LogP contribution in [0.3, 0.4) is 0 Å². The first-order valence-electron chi connectivity index (χ1n) is 7.51. The molecule has 2 aliphatic heterocycles. The second kappa shape index (κ2) is 7.58. The monoisotopic (exact) mass is 357 g/mol. The minimum atomic E-state index is 0.794. The molecule has 3 aliphatic rings. The van der Waals surface area contributed by atoms with Gasteiger partial charge in [0, 0.05) is 23.0 Å². The lowest BCUT2D eigenvalue weighted by molar-refractivity contribution is 0.326. The third kappa shape index (κ3) is 4.54. The number of hydrogen-bond acceptors (Lipinski definition) is 3. The van der Waals surface area contributed by atoms with Crippen LogP contribution in [-0.4, -0.2) is 27.4 Å². The standard InChI is InChI=1S/C16H20ClNS3/c17-14-5-7-15(8-6-14)20-11-21-16(19)18-9-12-1-2-13(10-18)4-3-12/h5-8,12-13H,1-4,9-11H2. The predicted molar refractivity (Wildman–Crippen MR) is 99.4 cm³/mol. The molecule has 1 saturated carbocycles. The molecule has 0 unspecified atom stereocenters. The van der Waals surface area contributed by atoms with E-state index >= 15 is 0 Å². The van der Waals surface area contributed by atoms with E-state index in [0.29, 0.717) is 0 Å². The van der Waals surface area contributed by atoms with Crippen molar-refractivity contribution < 1.29 is 0 Å². The van der Waals surface area contributed by atoms with Crippen LogP contribution in [0, 0.1) is 11.8 Å². The van der Waals surface area contributed by atoms with Gasteiger partial charge in [-0.3, -0.25) is 0 Å². The van der Waals surface area contributed by atoms with Crippen LogP contribution in [0.2, 0.25) is 5.02 Å².